The summed E-state index contributed by atoms with van der Waals surface area (Å²) in [5.74, 6) is 0.0232. The Hall–Kier alpha value is -0.520. The lowest BCUT2D eigenvalue weighted by Crippen LogP contribution is -2.42. The Bertz CT molecular complexity index is 428. The summed E-state index contributed by atoms with van der Waals surface area (Å²) < 4.78 is 1.02. The highest BCUT2D eigenvalue weighted by Crippen LogP contribution is 2.26. The van der Waals surface area contributed by atoms with Gasteiger partial charge in [-0.2, -0.15) is 0 Å². The molecule has 0 aliphatic rings. The van der Waals surface area contributed by atoms with E-state index in [1.54, 1.807) is 25.8 Å². The summed E-state index contributed by atoms with van der Waals surface area (Å²) >= 11 is 4.91. The van der Waals surface area contributed by atoms with Crippen molar-refractivity contribution in [2.24, 2.45) is 0 Å². The lowest BCUT2D eigenvalue weighted by molar-refractivity contribution is -0.131. The van der Waals surface area contributed by atoms with Gasteiger partial charge in [-0.15, -0.1) is 11.8 Å². The van der Waals surface area contributed by atoms with Crippen LogP contribution in [0.5, 0.6) is 0 Å². The second kappa shape index (κ2) is 6.77. The van der Waals surface area contributed by atoms with Crippen LogP contribution < -0.4 is 0 Å². The molecule has 1 aromatic rings. The number of carbonyl (C=O) groups is 1. The van der Waals surface area contributed by atoms with E-state index in [1.807, 2.05) is 31.2 Å². The zero-order valence-corrected chi connectivity index (χ0v) is 14.1. The molecule has 1 rings (SSSR count). The normalized spacial score (nSPS) is 13.2. The van der Waals surface area contributed by atoms with Crippen LogP contribution in [0.2, 0.25) is 0 Å². The molecule has 1 aromatic carbocycles. The van der Waals surface area contributed by atoms with Crippen LogP contribution in [0, 0.1) is 0 Å². The molecule has 0 radical (unpaired) electrons. The monoisotopic (exact) mass is 345 g/mol. The molecule has 5 heteroatoms. The van der Waals surface area contributed by atoms with Crippen LogP contribution in [0.15, 0.2) is 33.6 Å². The van der Waals surface area contributed by atoms with Crippen LogP contribution in [-0.2, 0) is 4.79 Å². The van der Waals surface area contributed by atoms with E-state index < -0.39 is 5.60 Å². The van der Waals surface area contributed by atoms with Crippen molar-refractivity contribution < 1.29 is 9.90 Å². The summed E-state index contributed by atoms with van der Waals surface area (Å²) in [5, 5.41) is 9.56. The predicted molar refractivity (Wildman–Crippen MR) is 83.4 cm³/mol. The molecule has 19 heavy (non-hydrogen) atoms. The minimum atomic E-state index is -0.869. The number of aliphatic hydroxyl groups is 1. The summed E-state index contributed by atoms with van der Waals surface area (Å²) in [6, 6.07) is 7.88. The van der Waals surface area contributed by atoms with Crippen molar-refractivity contribution in [3.05, 3.63) is 28.7 Å². The first kappa shape index (κ1) is 16.5. The summed E-state index contributed by atoms with van der Waals surface area (Å²) in [4.78, 5) is 14.8. The van der Waals surface area contributed by atoms with E-state index in [1.165, 1.54) is 11.8 Å². The van der Waals surface area contributed by atoms with E-state index in [-0.39, 0.29) is 11.2 Å². The number of rotatable bonds is 5. The van der Waals surface area contributed by atoms with Crippen molar-refractivity contribution in [2.75, 3.05) is 13.6 Å². The molecule has 0 spiro atoms. The smallest absolute Gasteiger partial charge is 0.235 e. The van der Waals surface area contributed by atoms with Gasteiger partial charge in [-0.05, 0) is 45.0 Å². The third kappa shape index (κ3) is 5.97. The van der Waals surface area contributed by atoms with E-state index in [9.17, 15) is 9.90 Å². The Morgan fingerprint density at radius 3 is 2.42 bits per heavy atom. The maximum absolute atomic E-state index is 12.2. The van der Waals surface area contributed by atoms with Crippen LogP contribution in [-0.4, -0.2) is 40.4 Å². The Morgan fingerprint density at radius 1 is 1.42 bits per heavy atom. The van der Waals surface area contributed by atoms with Gasteiger partial charge in [-0.3, -0.25) is 4.79 Å². The fraction of sp³-hybridized carbons (Fsp3) is 0.500. The lowest BCUT2D eigenvalue weighted by Gasteiger charge is -2.27. The van der Waals surface area contributed by atoms with Crippen LogP contribution in [0.25, 0.3) is 0 Å². The number of halogens is 1. The second-order valence-electron chi connectivity index (χ2n) is 5.22. The Labute approximate surface area is 127 Å². The molecule has 0 heterocycles. The molecular weight excluding hydrogens is 326 g/mol. The van der Waals surface area contributed by atoms with Crippen LogP contribution in [0.4, 0.5) is 0 Å². The minimum absolute atomic E-state index is 0.0232. The summed E-state index contributed by atoms with van der Waals surface area (Å²) in [6.45, 7) is 5.61. The molecule has 0 fully saturated rings. The van der Waals surface area contributed by atoms with Gasteiger partial charge in [-0.25, -0.2) is 0 Å². The Kier molecular flexibility index (Phi) is 5.89. The van der Waals surface area contributed by atoms with Crippen molar-refractivity contribution in [3.8, 4) is 0 Å². The maximum atomic E-state index is 12.2. The van der Waals surface area contributed by atoms with Gasteiger partial charge in [0.15, 0.2) is 0 Å². The number of hydrogen-bond donors (Lipinski definition) is 1. The van der Waals surface area contributed by atoms with Crippen molar-refractivity contribution in [3.63, 3.8) is 0 Å². The van der Waals surface area contributed by atoms with Crippen LogP contribution in [0.1, 0.15) is 20.8 Å². The first-order chi connectivity index (χ1) is 8.69. The number of hydrogen-bond acceptors (Lipinski definition) is 3. The molecule has 0 saturated heterocycles. The number of likely N-dealkylation sites (N-methyl/N-ethyl adjacent to an activating group) is 1. The largest absolute Gasteiger partial charge is 0.389 e. The van der Waals surface area contributed by atoms with Gasteiger partial charge >= 0.3 is 0 Å². The maximum Gasteiger partial charge on any atom is 0.235 e. The van der Waals surface area contributed by atoms with Gasteiger partial charge in [-0.1, -0.05) is 15.9 Å². The average molecular weight is 346 g/mol. The first-order valence-electron chi connectivity index (χ1n) is 6.08. The molecule has 106 valence electrons. The number of nitrogens with zero attached hydrogens (tertiary/aromatic N) is 1. The van der Waals surface area contributed by atoms with E-state index in [2.05, 4.69) is 15.9 Å². The zero-order chi connectivity index (χ0) is 14.6. The fourth-order valence-electron chi connectivity index (χ4n) is 1.74. The molecule has 0 bridgehead atoms. The molecule has 0 aliphatic heterocycles. The summed E-state index contributed by atoms with van der Waals surface area (Å²) in [6.07, 6.45) is 0. The van der Waals surface area contributed by atoms with Crippen molar-refractivity contribution >= 4 is 33.6 Å². The SMILES string of the molecule is CC(Sc1ccc(Br)cc1)C(=O)N(C)CC(C)(C)O. The lowest BCUT2D eigenvalue weighted by atomic mass is 10.1. The number of benzene rings is 1. The van der Waals surface area contributed by atoms with E-state index in [0.29, 0.717) is 6.54 Å². The third-order valence-electron chi connectivity index (χ3n) is 2.47. The Morgan fingerprint density at radius 2 is 1.95 bits per heavy atom. The minimum Gasteiger partial charge on any atom is -0.389 e. The molecule has 1 amide bonds. The van der Waals surface area contributed by atoms with Gasteiger partial charge in [0.2, 0.25) is 5.91 Å². The molecular formula is C14H20BrNO2S. The highest BCUT2D eigenvalue weighted by molar-refractivity contribution is 9.10. The highest BCUT2D eigenvalue weighted by atomic mass is 79.9. The van der Waals surface area contributed by atoms with Gasteiger partial charge in [0.25, 0.3) is 0 Å². The zero-order valence-electron chi connectivity index (χ0n) is 11.7. The molecule has 1 N–H and O–H groups in total. The quantitative estimate of drug-likeness (QED) is 0.833. The third-order valence-corrected chi connectivity index (χ3v) is 4.10. The van der Waals surface area contributed by atoms with Gasteiger partial charge in [0.05, 0.1) is 10.9 Å². The second-order valence-corrected chi connectivity index (χ2v) is 7.55. The highest BCUT2D eigenvalue weighted by Gasteiger charge is 2.23. The van der Waals surface area contributed by atoms with Crippen molar-refractivity contribution in [1.82, 2.24) is 4.90 Å². The van der Waals surface area contributed by atoms with Crippen molar-refractivity contribution in [2.45, 2.75) is 36.5 Å². The average Bonchev–Trinajstić information content (AvgIpc) is 2.28. The van der Waals surface area contributed by atoms with Gasteiger partial charge in [0.1, 0.15) is 0 Å². The molecule has 0 saturated carbocycles. The van der Waals surface area contributed by atoms with Crippen molar-refractivity contribution in [1.29, 1.82) is 0 Å². The topological polar surface area (TPSA) is 40.5 Å². The summed E-state index contributed by atoms with van der Waals surface area (Å²) in [5.41, 5.74) is -0.869. The van der Waals surface area contributed by atoms with Crippen LogP contribution >= 0.6 is 27.7 Å². The van der Waals surface area contributed by atoms with Crippen LogP contribution in [0.3, 0.4) is 0 Å². The predicted octanol–water partition coefficient (Wildman–Crippen LogP) is 3.16. The standard InChI is InChI=1S/C14H20BrNO2S/c1-10(13(17)16(4)9-14(2,3)18)19-12-7-5-11(15)6-8-12/h5-8,10,18H,9H2,1-4H3. The van der Waals surface area contributed by atoms with Gasteiger partial charge < -0.3 is 10.0 Å². The number of amides is 1. The molecule has 1 unspecified atom stereocenters. The molecule has 3 nitrogen and oxygen atoms in total. The van der Waals surface area contributed by atoms with E-state index >= 15 is 0 Å². The first-order valence-corrected chi connectivity index (χ1v) is 7.76. The molecule has 1 atom stereocenters. The Balaban J connectivity index is 2.59. The summed E-state index contributed by atoms with van der Waals surface area (Å²) in [7, 11) is 1.72. The molecule has 0 aliphatic carbocycles. The van der Waals surface area contributed by atoms with E-state index in [4.69, 9.17) is 0 Å². The number of carbonyl (C=O) groups excluding carboxylic acids is 1. The van der Waals surface area contributed by atoms with Gasteiger partial charge in [0, 0.05) is 23.0 Å². The fourth-order valence-corrected chi connectivity index (χ4v) is 2.98. The van der Waals surface area contributed by atoms with E-state index in [0.717, 1.165) is 9.37 Å². The number of thioether (sulfide) groups is 1. The molecule has 0 aromatic heterocycles.